The summed E-state index contributed by atoms with van der Waals surface area (Å²) in [7, 11) is 0. The van der Waals surface area contributed by atoms with E-state index in [-0.39, 0.29) is 0 Å². The maximum Gasteiger partial charge on any atom is 0.137 e. The van der Waals surface area contributed by atoms with Crippen LogP contribution in [0, 0.1) is 0 Å². The van der Waals surface area contributed by atoms with Crippen LogP contribution in [0.4, 0.5) is 17.1 Å². The van der Waals surface area contributed by atoms with Crippen LogP contribution in [0.2, 0.25) is 0 Å². The molecule has 10 aromatic rings. The van der Waals surface area contributed by atoms with Gasteiger partial charge in [-0.3, -0.25) is 0 Å². The van der Waals surface area contributed by atoms with Crippen molar-refractivity contribution in [1.29, 1.82) is 0 Å². The highest BCUT2D eigenvalue weighted by Gasteiger charge is 2.23. The molecule has 0 amide bonds. The number of anilines is 3. The molecule has 0 spiro atoms. The lowest BCUT2D eigenvalue weighted by Gasteiger charge is -2.26. The Morgan fingerprint density at radius 2 is 1.06 bits per heavy atom. The van der Waals surface area contributed by atoms with E-state index in [1.807, 2.05) is 12.1 Å². The van der Waals surface area contributed by atoms with E-state index >= 15 is 0 Å². The van der Waals surface area contributed by atoms with Gasteiger partial charge in [0.05, 0.1) is 22.1 Å². The minimum atomic E-state index is 0.872. The number of benzene rings is 8. The molecule has 51 heavy (non-hydrogen) atoms. The fourth-order valence-corrected chi connectivity index (χ4v) is 7.70. The lowest BCUT2D eigenvalue weighted by molar-refractivity contribution is 0.669. The number of aromatic nitrogens is 1. The quantitative estimate of drug-likeness (QED) is 0.178. The van der Waals surface area contributed by atoms with E-state index in [2.05, 4.69) is 191 Å². The highest BCUT2D eigenvalue weighted by Crippen LogP contribution is 2.46. The van der Waals surface area contributed by atoms with Crippen LogP contribution >= 0.6 is 0 Å². The second-order valence-corrected chi connectivity index (χ2v) is 12.9. The first-order valence-electron chi connectivity index (χ1n) is 17.4. The zero-order valence-electron chi connectivity index (χ0n) is 27.8. The summed E-state index contributed by atoms with van der Waals surface area (Å²) in [6.07, 6.45) is 0. The Kier molecular flexibility index (Phi) is 6.81. The van der Waals surface area contributed by atoms with Gasteiger partial charge in [0, 0.05) is 38.8 Å². The first kappa shape index (κ1) is 29.1. The van der Waals surface area contributed by atoms with Crippen molar-refractivity contribution in [2.45, 2.75) is 0 Å². The van der Waals surface area contributed by atoms with Crippen LogP contribution in [-0.2, 0) is 0 Å². The van der Waals surface area contributed by atoms with Crippen molar-refractivity contribution in [3.63, 3.8) is 0 Å². The van der Waals surface area contributed by atoms with Gasteiger partial charge in [0.1, 0.15) is 11.2 Å². The van der Waals surface area contributed by atoms with Gasteiger partial charge in [-0.15, -0.1) is 0 Å². The first-order chi connectivity index (χ1) is 25.3. The van der Waals surface area contributed by atoms with Crippen LogP contribution in [0.5, 0.6) is 0 Å². The molecule has 0 fully saturated rings. The van der Waals surface area contributed by atoms with Crippen LogP contribution in [0.25, 0.3) is 71.7 Å². The monoisotopic (exact) mass is 652 g/mol. The third-order valence-electron chi connectivity index (χ3n) is 9.95. The summed E-state index contributed by atoms with van der Waals surface area (Å²) >= 11 is 0. The Morgan fingerprint density at radius 3 is 1.82 bits per heavy atom. The summed E-state index contributed by atoms with van der Waals surface area (Å²) in [5, 5.41) is 4.59. The third kappa shape index (κ3) is 4.82. The van der Waals surface area contributed by atoms with E-state index in [1.54, 1.807) is 0 Å². The molecule has 0 radical (unpaired) electrons. The summed E-state index contributed by atoms with van der Waals surface area (Å²) in [5.41, 5.74) is 13.2. The van der Waals surface area contributed by atoms with Crippen molar-refractivity contribution in [2.75, 3.05) is 4.90 Å². The van der Waals surface area contributed by atoms with Gasteiger partial charge in [0.15, 0.2) is 0 Å². The lowest BCUT2D eigenvalue weighted by Crippen LogP contribution is -2.10. The lowest BCUT2D eigenvalue weighted by atomic mass is 9.95. The number of hydrogen-bond donors (Lipinski definition) is 0. The van der Waals surface area contributed by atoms with Crippen molar-refractivity contribution < 1.29 is 4.42 Å². The SMILES string of the molecule is c1ccc(-c2cc(-c3ccccc3)c3c(c2)c2cc(N(c4ccccc4)c4cccc5oc6ccccc6c45)ccc2n3-c2ccccc2)cc1. The van der Waals surface area contributed by atoms with Crippen molar-refractivity contribution in [3.05, 3.63) is 194 Å². The predicted molar refractivity (Wildman–Crippen MR) is 214 cm³/mol. The van der Waals surface area contributed by atoms with Crippen LogP contribution < -0.4 is 4.90 Å². The van der Waals surface area contributed by atoms with Crippen molar-refractivity contribution >= 4 is 60.8 Å². The molecule has 0 bridgehead atoms. The number of furan rings is 1. The van der Waals surface area contributed by atoms with Gasteiger partial charge < -0.3 is 13.9 Å². The Morgan fingerprint density at radius 1 is 0.412 bits per heavy atom. The second-order valence-electron chi connectivity index (χ2n) is 12.9. The summed E-state index contributed by atoms with van der Waals surface area (Å²) in [5.74, 6) is 0. The third-order valence-corrected chi connectivity index (χ3v) is 9.95. The van der Waals surface area contributed by atoms with Crippen LogP contribution in [0.3, 0.4) is 0 Å². The zero-order valence-corrected chi connectivity index (χ0v) is 27.8. The van der Waals surface area contributed by atoms with E-state index in [4.69, 9.17) is 4.42 Å². The highest BCUT2D eigenvalue weighted by atomic mass is 16.3. The topological polar surface area (TPSA) is 21.3 Å². The molecule has 2 aromatic heterocycles. The molecule has 3 heteroatoms. The maximum absolute atomic E-state index is 6.38. The van der Waals surface area contributed by atoms with Gasteiger partial charge in [0.25, 0.3) is 0 Å². The van der Waals surface area contributed by atoms with E-state index in [0.29, 0.717) is 0 Å². The molecule has 3 nitrogen and oxygen atoms in total. The van der Waals surface area contributed by atoms with Gasteiger partial charge in [-0.2, -0.15) is 0 Å². The minimum Gasteiger partial charge on any atom is -0.456 e. The molecule has 8 aromatic carbocycles. The summed E-state index contributed by atoms with van der Waals surface area (Å²) < 4.78 is 8.81. The van der Waals surface area contributed by atoms with Gasteiger partial charge in [-0.05, 0) is 89.5 Å². The molecule has 0 aliphatic carbocycles. The molecule has 0 aliphatic rings. The van der Waals surface area contributed by atoms with Gasteiger partial charge in [0.2, 0.25) is 0 Å². The summed E-state index contributed by atoms with van der Waals surface area (Å²) in [4.78, 5) is 2.37. The molecule has 10 rings (SSSR count). The minimum absolute atomic E-state index is 0.872. The average Bonchev–Trinajstić information content (AvgIpc) is 3.75. The predicted octanol–water partition coefficient (Wildman–Crippen LogP) is 13.5. The standard InChI is InChI=1S/C48H32N2O/c1-5-16-33(17-6-1)35-30-40(34-18-7-2-8-19-34)48-42(31-35)41-32-38(28-29-43(41)50(48)37-22-11-4-12-23-37)49(36-20-9-3-10-21-36)44-25-15-27-46-47(44)39-24-13-14-26-45(39)51-46/h1-32H. The molecular weight excluding hydrogens is 621 g/mol. The molecule has 0 unspecified atom stereocenters. The van der Waals surface area contributed by atoms with E-state index < -0.39 is 0 Å². The number of para-hydroxylation sites is 3. The first-order valence-corrected chi connectivity index (χ1v) is 17.4. The number of nitrogens with zero attached hydrogens (tertiary/aromatic N) is 2. The largest absolute Gasteiger partial charge is 0.456 e. The fourth-order valence-electron chi connectivity index (χ4n) is 7.70. The van der Waals surface area contributed by atoms with Crippen molar-refractivity contribution in [2.24, 2.45) is 0 Å². The van der Waals surface area contributed by atoms with Gasteiger partial charge in [-0.25, -0.2) is 0 Å². The molecule has 0 N–H and O–H groups in total. The number of hydrogen-bond acceptors (Lipinski definition) is 2. The van der Waals surface area contributed by atoms with Crippen LogP contribution in [0.15, 0.2) is 199 Å². The molecular formula is C48H32N2O. The second kappa shape index (κ2) is 11.9. The van der Waals surface area contributed by atoms with E-state index in [1.165, 1.54) is 38.5 Å². The smallest absolute Gasteiger partial charge is 0.137 e. The van der Waals surface area contributed by atoms with Crippen molar-refractivity contribution in [1.82, 2.24) is 4.57 Å². The Balaban J connectivity index is 1.31. The molecule has 0 aliphatic heterocycles. The number of rotatable bonds is 6. The normalized spacial score (nSPS) is 11.5. The van der Waals surface area contributed by atoms with Crippen molar-refractivity contribution in [3.8, 4) is 27.9 Å². The fraction of sp³-hybridized carbons (Fsp3) is 0. The molecule has 0 saturated carbocycles. The van der Waals surface area contributed by atoms with Crippen LogP contribution in [0.1, 0.15) is 0 Å². The Hall–Kier alpha value is -6.84. The van der Waals surface area contributed by atoms with Gasteiger partial charge >= 0.3 is 0 Å². The van der Waals surface area contributed by atoms with E-state index in [0.717, 1.165) is 50.2 Å². The summed E-state index contributed by atoms with van der Waals surface area (Å²) in [6.45, 7) is 0. The highest BCUT2D eigenvalue weighted by molar-refractivity contribution is 6.17. The summed E-state index contributed by atoms with van der Waals surface area (Å²) in [6, 6.07) is 69.2. The molecule has 0 saturated heterocycles. The number of fused-ring (bicyclic) bond motifs is 6. The zero-order chi connectivity index (χ0) is 33.7. The Labute approximate surface area is 295 Å². The maximum atomic E-state index is 6.38. The molecule has 240 valence electrons. The van der Waals surface area contributed by atoms with Gasteiger partial charge in [-0.1, -0.05) is 121 Å². The van der Waals surface area contributed by atoms with Crippen LogP contribution in [-0.4, -0.2) is 4.57 Å². The molecule has 0 atom stereocenters. The average molecular weight is 653 g/mol. The van der Waals surface area contributed by atoms with E-state index in [9.17, 15) is 0 Å². The Bertz CT molecular complexity index is 2840. The molecule has 2 heterocycles.